The summed E-state index contributed by atoms with van der Waals surface area (Å²) in [6.45, 7) is 3.06. The Bertz CT molecular complexity index is 1570. The van der Waals surface area contributed by atoms with Gasteiger partial charge in [-0.1, -0.05) is 35.9 Å². The fourth-order valence-corrected chi connectivity index (χ4v) is 6.84. The van der Waals surface area contributed by atoms with Crippen molar-refractivity contribution in [3.8, 4) is 22.9 Å². The summed E-state index contributed by atoms with van der Waals surface area (Å²) in [6.07, 6.45) is 4.42. The summed E-state index contributed by atoms with van der Waals surface area (Å²) in [7, 11) is 2.09. The van der Waals surface area contributed by atoms with E-state index < -0.39 is 5.82 Å². The number of anilines is 1. The summed E-state index contributed by atoms with van der Waals surface area (Å²) in [5, 5.41) is 16.5. The number of ether oxygens (including phenoxy) is 1. The Labute approximate surface area is 231 Å². The summed E-state index contributed by atoms with van der Waals surface area (Å²) in [5.41, 5.74) is 0.903. The maximum absolute atomic E-state index is 16.6. The number of phenolic OH excluding ortho intramolecular Hbond substituents is 1. The van der Waals surface area contributed by atoms with Gasteiger partial charge in [-0.3, -0.25) is 0 Å². The fraction of sp³-hybridized carbons (Fsp3) is 0.400. The number of halogens is 2. The van der Waals surface area contributed by atoms with Gasteiger partial charge in [0.2, 0.25) is 0 Å². The third-order valence-electron chi connectivity index (χ3n) is 8.55. The molecule has 7 rings (SSSR count). The number of aromatic hydroxyl groups is 1. The number of likely N-dealkylation sites (N-methyl/N-ethyl adjacent to an activating group) is 1. The number of phenols is 1. The van der Waals surface area contributed by atoms with Gasteiger partial charge in [0, 0.05) is 42.2 Å². The smallest absolute Gasteiger partial charge is 0.319 e. The van der Waals surface area contributed by atoms with Gasteiger partial charge in [0.1, 0.15) is 23.7 Å². The van der Waals surface area contributed by atoms with Crippen molar-refractivity contribution in [1.29, 1.82) is 0 Å². The Hall–Kier alpha value is -3.20. The molecule has 3 fully saturated rings. The van der Waals surface area contributed by atoms with E-state index in [0.717, 1.165) is 56.1 Å². The molecule has 0 aliphatic carbocycles. The topological polar surface area (TPSA) is 73.8 Å². The van der Waals surface area contributed by atoms with Crippen LogP contribution in [0.15, 0.2) is 42.5 Å². The van der Waals surface area contributed by atoms with E-state index >= 15 is 4.39 Å². The Kier molecular flexibility index (Phi) is 6.21. The molecule has 2 bridgehead atoms. The lowest BCUT2D eigenvalue weighted by Crippen LogP contribution is -2.51. The average molecular weight is 548 g/mol. The van der Waals surface area contributed by atoms with Crippen LogP contribution in [0.5, 0.6) is 11.8 Å². The molecule has 3 aromatic carbocycles. The molecule has 3 aliphatic heterocycles. The Morgan fingerprint density at radius 1 is 1.08 bits per heavy atom. The highest BCUT2D eigenvalue weighted by Crippen LogP contribution is 2.43. The quantitative estimate of drug-likeness (QED) is 0.348. The molecule has 0 amide bonds. The maximum Gasteiger partial charge on any atom is 0.319 e. The lowest BCUT2D eigenvalue weighted by molar-refractivity contribution is 0.188. The summed E-state index contributed by atoms with van der Waals surface area (Å²) in [5.74, 6) is 0.155. The van der Waals surface area contributed by atoms with Crippen molar-refractivity contribution in [2.24, 2.45) is 0 Å². The van der Waals surface area contributed by atoms with Crippen molar-refractivity contribution < 1.29 is 14.2 Å². The van der Waals surface area contributed by atoms with Gasteiger partial charge in [-0.25, -0.2) is 4.39 Å². The van der Waals surface area contributed by atoms with E-state index in [2.05, 4.69) is 27.1 Å². The van der Waals surface area contributed by atoms with E-state index in [4.69, 9.17) is 21.3 Å². The highest BCUT2D eigenvalue weighted by Gasteiger charge is 2.34. The van der Waals surface area contributed by atoms with Gasteiger partial charge < -0.3 is 25.0 Å². The standard InChI is InChI=1S/C30H31ClFN5O2/c1-36-10-4-6-20(36)16-39-30-34-28-24(29(35-30)37-14-18-8-9-19(15-37)33-18)13-25(31)26(27(28)32)23-12-21(38)11-17-5-2-3-7-22(17)23/h2-3,5,7,11-13,18-20,33,38H,4,6,8-10,14-16H2,1H3/t18-,19+,20-/m0/s1. The minimum atomic E-state index is -0.544. The van der Waals surface area contributed by atoms with E-state index in [0.29, 0.717) is 35.5 Å². The predicted molar refractivity (Wildman–Crippen MR) is 152 cm³/mol. The summed E-state index contributed by atoms with van der Waals surface area (Å²) in [6, 6.07) is 13.8. The third kappa shape index (κ3) is 4.44. The molecule has 202 valence electrons. The van der Waals surface area contributed by atoms with Crippen LogP contribution in [0, 0.1) is 5.82 Å². The molecule has 7 nitrogen and oxygen atoms in total. The monoisotopic (exact) mass is 547 g/mol. The molecule has 2 N–H and O–H groups in total. The zero-order chi connectivity index (χ0) is 26.7. The first-order valence-corrected chi connectivity index (χ1v) is 14.1. The molecule has 3 saturated heterocycles. The highest BCUT2D eigenvalue weighted by molar-refractivity contribution is 6.35. The molecular formula is C30H31ClFN5O2. The average Bonchev–Trinajstić information content (AvgIpc) is 3.50. The van der Waals surface area contributed by atoms with Crippen molar-refractivity contribution >= 4 is 39.1 Å². The lowest BCUT2D eigenvalue weighted by Gasteiger charge is -2.34. The van der Waals surface area contributed by atoms with E-state index in [9.17, 15) is 5.11 Å². The second-order valence-corrected chi connectivity index (χ2v) is 11.5. The van der Waals surface area contributed by atoms with Gasteiger partial charge in [0.25, 0.3) is 0 Å². The molecule has 0 unspecified atom stereocenters. The number of fused-ring (bicyclic) bond motifs is 4. The number of hydrogen-bond donors (Lipinski definition) is 2. The molecule has 1 aromatic heterocycles. The first-order chi connectivity index (χ1) is 18.9. The van der Waals surface area contributed by atoms with E-state index in [1.807, 2.05) is 24.3 Å². The van der Waals surface area contributed by atoms with Crippen molar-refractivity contribution in [3.05, 3.63) is 53.3 Å². The number of likely N-dealkylation sites (tertiary alicyclic amines) is 1. The maximum atomic E-state index is 16.6. The lowest BCUT2D eigenvalue weighted by atomic mass is 9.96. The number of piperazine rings is 1. The van der Waals surface area contributed by atoms with E-state index in [1.165, 1.54) is 0 Å². The van der Waals surface area contributed by atoms with Gasteiger partial charge in [0.05, 0.1) is 5.02 Å². The van der Waals surface area contributed by atoms with Gasteiger partial charge in [-0.05, 0) is 73.8 Å². The van der Waals surface area contributed by atoms with Gasteiger partial charge in [0.15, 0.2) is 5.82 Å². The molecule has 3 aliphatic rings. The van der Waals surface area contributed by atoms with E-state index in [-0.39, 0.29) is 33.9 Å². The molecule has 39 heavy (non-hydrogen) atoms. The van der Waals surface area contributed by atoms with E-state index in [1.54, 1.807) is 18.2 Å². The predicted octanol–water partition coefficient (Wildman–Crippen LogP) is 5.36. The molecule has 9 heteroatoms. The van der Waals surface area contributed by atoms with Crippen molar-refractivity contribution in [1.82, 2.24) is 20.2 Å². The minimum absolute atomic E-state index is 0.0450. The number of nitrogens with zero attached hydrogens (tertiary/aromatic N) is 4. The molecule has 4 aromatic rings. The largest absolute Gasteiger partial charge is 0.508 e. The van der Waals surface area contributed by atoms with Gasteiger partial charge >= 0.3 is 6.01 Å². The van der Waals surface area contributed by atoms with Crippen LogP contribution in [0.4, 0.5) is 10.2 Å². The van der Waals surface area contributed by atoms with Crippen molar-refractivity contribution in [2.75, 3.05) is 38.2 Å². The van der Waals surface area contributed by atoms with Crippen LogP contribution in [0.1, 0.15) is 25.7 Å². The zero-order valence-corrected chi connectivity index (χ0v) is 22.6. The third-order valence-corrected chi connectivity index (χ3v) is 8.85. The van der Waals surface area contributed by atoms with Crippen LogP contribution in [0.2, 0.25) is 5.02 Å². The Morgan fingerprint density at radius 2 is 1.87 bits per heavy atom. The first-order valence-electron chi connectivity index (χ1n) is 13.7. The number of aromatic nitrogens is 2. The van der Waals surface area contributed by atoms with Crippen LogP contribution in [-0.4, -0.2) is 71.4 Å². The van der Waals surface area contributed by atoms with Crippen LogP contribution in [0.3, 0.4) is 0 Å². The summed E-state index contributed by atoms with van der Waals surface area (Å²) in [4.78, 5) is 13.9. The van der Waals surface area contributed by atoms with Gasteiger partial charge in [-0.15, -0.1) is 0 Å². The van der Waals surface area contributed by atoms with Crippen molar-refractivity contribution in [3.63, 3.8) is 0 Å². The Morgan fingerprint density at radius 3 is 2.64 bits per heavy atom. The first kappa shape index (κ1) is 24.8. The van der Waals surface area contributed by atoms with Crippen LogP contribution in [-0.2, 0) is 0 Å². The molecule has 3 atom stereocenters. The van der Waals surface area contributed by atoms with Crippen LogP contribution in [0.25, 0.3) is 32.8 Å². The second kappa shape index (κ2) is 9.77. The molecule has 0 spiro atoms. The van der Waals surface area contributed by atoms with Crippen molar-refractivity contribution in [2.45, 2.75) is 43.8 Å². The molecule has 0 radical (unpaired) electrons. The number of nitrogens with one attached hydrogen (secondary N) is 1. The zero-order valence-electron chi connectivity index (χ0n) is 21.8. The highest BCUT2D eigenvalue weighted by atomic mass is 35.5. The summed E-state index contributed by atoms with van der Waals surface area (Å²) >= 11 is 6.83. The second-order valence-electron chi connectivity index (χ2n) is 11.1. The fourth-order valence-electron chi connectivity index (χ4n) is 6.54. The SMILES string of the molecule is CN1CCC[C@H]1COc1nc(N2C[C@H]3CC[C@@H](C2)N3)c2cc(Cl)c(-c3cc(O)cc4ccccc34)c(F)c2n1. The summed E-state index contributed by atoms with van der Waals surface area (Å²) < 4.78 is 22.8. The minimum Gasteiger partial charge on any atom is -0.508 e. The molecule has 0 saturated carbocycles. The number of rotatable bonds is 5. The number of hydrogen-bond acceptors (Lipinski definition) is 7. The van der Waals surface area contributed by atoms with Gasteiger partial charge in [-0.2, -0.15) is 9.97 Å². The van der Waals surface area contributed by atoms with Crippen LogP contribution < -0.4 is 15.0 Å². The molecular weight excluding hydrogens is 517 g/mol. The number of benzene rings is 3. The van der Waals surface area contributed by atoms with Crippen LogP contribution >= 0.6 is 11.6 Å². The molecule has 4 heterocycles. The normalized spacial score (nSPS) is 23.3. The Balaban J connectivity index is 1.39.